The fraction of sp³-hybridized carbons (Fsp3) is 0.188. The Labute approximate surface area is 138 Å². The Hall–Kier alpha value is -2.72. The van der Waals surface area contributed by atoms with E-state index in [0.29, 0.717) is 22.1 Å². The van der Waals surface area contributed by atoms with Crippen molar-refractivity contribution in [2.24, 2.45) is 0 Å². The molecule has 0 aliphatic heterocycles. The number of hydrogen-bond donors (Lipinski definition) is 1. The van der Waals surface area contributed by atoms with Gasteiger partial charge < -0.3 is 10.1 Å². The van der Waals surface area contributed by atoms with Crippen LogP contribution in [0.5, 0.6) is 5.75 Å². The van der Waals surface area contributed by atoms with Crippen LogP contribution in [-0.4, -0.2) is 28.0 Å². The molecule has 23 heavy (non-hydrogen) atoms. The molecule has 1 aromatic carbocycles. The third kappa shape index (κ3) is 2.81. The third-order valence-corrected chi connectivity index (χ3v) is 4.01. The molecule has 0 spiro atoms. The second kappa shape index (κ2) is 6.18. The summed E-state index contributed by atoms with van der Waals surface area (Å²) in [6.45, 7) is 1.90. The number of aromatic nitrogens is 3. The van der Waals surface area contributed by atoms with Gasteiger partial charge in [-0.1, -0.05) is 6.07 Å². The average molecular weight is 325 g/mol. The van der Waals surface area contributed by atoms with Crippen LogP contribution in [0.15, 0.2) is 35.4 Å². The van der Waals surface area contributed by atoms with Crippen molar-refractivity contribution >= 4 is 28.9 Å². The molecule has 3 aromatic rings. The zero-order chi connectivity index (χ0) is 16.4. The van der Waals surface area contributed by atoms with E-state index in [4.69, 9.17) is 4.74 Å². The highest BCUT2D eigenvalue weighted by Gasteiger charge is 2.16. The van der Waals surface area contributed by atoms with Gasteiger partial charge in [-0.15, -0.1) is 11.8 Å². The Balaban J connectivity index is 2.19. The summed E-state index contributed by atoms with van der Waals surface area (Å²) >= 11 is 1.44. The highest BCUT2D eigenvalue weighted by molar-refractivity contribution is 7.98. The van der Waals surface area contributed by atoms with Crippen LogP contribution in [0, 0.1) is 18.3 Å². The van der Waals surface area contributed by atoms with Crippen molar-refractivity contribution in [1.29, 1.82) is 5.26 Å². The van der Waals surface area contributed by atoms with Crippen LogP contribution in [0.2, 0.25) is 0 Å². The molecule has 0 atom stereocenters. The SMILES string of the molecule is COc1cccc(Nc2c(C#N)c(SC)nc3cc(C)nn23)c1. The maximum atomic E-state index is 9.57. The summed E-state index contributed by atoms with van der Waals surface area (Å²) in [4.78, 5) is 4.50. The van der Waals surface area contributed by atoms with Gasteiger partial charge in [-0.2, -0.15) is 14.9 Å². The highest BCUT2D eigenvalue weighted by atomic mass is 32.2. The van der Waals surface area contributed by atoms with Crippen molar-refractivity contribution in [3.8, 4) is 11.8 Å². The number of methoxy groups -OCH3 is 1. The average Bonchev–Trinajstić information content (AvgIpc) is 2.94. The fourth-order valence-electron chi connectivity index (χ4n) is 2.30. The van der Waals surface area contributed by atoms with Gasteiger partial charge in [-0.25, -0.2) is 4.98 Å². The second-order valence-corrected chi connectivity index (χ2v) is 5.66. The summed E-state index contributed by atoms with van der Waals surface area (Å²) < 4.78 is 6.90. The molecule has 2 heterocycles. The monoisotopic (exact) mass is 325 g/mol. The van der Waals surface area contributed by atoms with E-state index in [1.54, 1.807) is 11.6 Å². The summed E-state index contributed by atoms with van der Waals surface area (Å²) in [5.74, 6) is 1.34. The molecule has 0 unspecified atom stereocenters. The lowest BCUT2D eigenvalue weighted by Gasteiger charge is -2.13. The van der Waals surface area contributed by atoms with Crippen molar-refractivity contribution in [2.75, 3.05) is 18.7 Å². The number of benzene rings is 1. The first-order valence-corrected chi connectivity index (χ1v) is 8.14. The maximum absolute atomic E-state index is 9.57. The fourth-order valence-corrected chi connectivity index (χ4v) is 2.83. The van der Waals surface area contributed by atoms with Gasteiger partial charge in [0.15, 0.2) is 11.5 Å². The van der Waals surface area contributed by atoms with Crippen molar-refractivity contribution in [1.82, 2.24) is 14.6 Å². The van der Waals surface area contributed by atoms with Gasteiger partial charge in [0, 0.05) is 17.8 Å². The molecule has 116 valence electrons. The molecule has 0 saturated heterocycles. The van der Waals surface area contributed by atoms with Crippen LogP contribution in [-0.2, 0) is 0 Å². The number of thioether (sulfide) groups is 1. The molecule has 0 bridgehead atoms. The maximum Gasteiger partial charge on any atom is 0.158 e. The van der Waals surface area contributed by atoms with Crippen molar-refractivity contribution in [2.45, 2.75) is 11.9 Å². The summed E-state index contributed by atoms with van der Waals surface area (Å²) in [5, 5.41) is 17.9. The van der Waals surface area contributed by atoms with Crippen LogP contribution < -0.4 is 10.1 Å². The van der Waals surface area contributed by atoms with E-state index in [0.717, 1.165) is 17.1 Å². The first kappa shape index (κ1) is 15.2. The standard InChI is InChI=1S/C16H15N5OS/c1-10-7-14-19-16(23-3)13(9-17)15(21(14)20-10)18-11-5-4-6-12(8-11)22-2/h4-8,18H,1-3H3. The second-order valence-electron chi connectivity index (χ2n) is 4.87. The summed E-state index contributed by atoms with van der Waals surface area (Å²) in [6, 6.07) is 11.6. The molecule has 0 fully saturated rings. The molecule has 3 rings (SSSR count). The number of anilines is 2. The molecular weight excluding hydrogens is 310 g/mol. The number of nitrogens with one attached hydrogen (secondary N) is 1. The molecule has 0 amide bonds. The van der Waals surface area contributed by atoms with Gasteiger partial charge in [0.2, 0.25) is 0 Å². The summed E-state index contributed by atoms with van der Waals surface area (Å²) in [7, 11) is 1.62. The summed E-state index contributed by atoms with van der Waals surface area (Å²) in [6.07, 6.45) is 1.90. The molecule has 2 aromatic heterocycles. The van der Waals surface area contributed by atoms with E-state index >= 15 is 0 Å². The van der Waals surface area contributed by atoms with Gasteiger partial charge >= 0.3 is 0 Å². The van der Waals surface area contributed by atoms with Crippen LogP contribution in [0.4, 0.5) is 11.5 Å². The molecule has 0 aliphatic rings. The summed E-state index contributed by atoms with van der Waals surface area (Å²) in [5.41, 5.74) is 2.83. The quantitative estimate of drug-likeness (QED) is 0.585. The Kier molecular flexibility index (Phi) is 4.08. The lowest BCUT2D eigenvalue weighted by molar-refractivity contribution is 0.415. The van der Waals surface area contributed by atoms with Crippen LogP contribution in [0.3, 0.4) is 0 Å². The topological polar surface area (TPSA) is 75.2 Å². The van der Waals surface area contributed by atoms with Crippen molar-refractivity contribution in [3.05, 3.63) is 41.6 Å². The Morgan fingerprint density at radius 1 is 1.35 bits per heavy atom. The zero-order valence-electron chi connectivity index (χ0n) is 13.0. The van der Waals surface area contributed by atoms with E-state index < -0.39 is 0 Å². The molecule has 0 aliphatic carbocycles. The van der Waals surface area contributed by atoms with E-state index in [2.05, 4.69) is 21.5 Å². The Bertz CT molecular complexity index is 913. The van der Waals surface area contributed by atoms with Gasteiger partial charge in [-0.05, 0) is 25.3 Å². The molecule has 0 radical (unpaired) electrons. The predicted molar refractivity (Wildman–Crippen MR) is 90.5 cm³/mol. The van der Waals surface area contributed by atoms with Gasteiger partial charge in [-0.3, -0.25) is 0 Å². The molecule has 6 nitrogen and oxygen atoms in total. The first-order chi connectivity index (χ1) is 11.2. The van der Waals surface area contributed by atoms with Crippen molar-refractivity contribution in [3.63, 3.8) is 0 Å². The van der Waals surface area contributed by atoms with Gasteiger partial charge in [0.1, 0.15) is 22.4 Å². The lowest BCUT2D eigenvalue weighted by Crippen LogP contribution is -2.06. The van der Waals surface area contributed by atoms with E-state index in [-0.39, 0.29) is 0 Å². The third-order valence-electron chi connectivity index (χ3n) is 3.33. The number of hydrogen-bond acceptors (Lipinski definition) is 6. The number of ether oxygens (including phenoxy) is 1. The minimum atomic E-state index is 0.468. The van der Waals surface area contributed by atoms with Gasteiger partial charge in [0.05, 0.1) is 12.8 Å². The predicted octanol–water partition coefficient (Wildman–Crippen LogP) is 3.38. The van der Waals surface area contributed by atoms with Crippen LogP contribution in [0.25, 0.3) is 5.65 Å². The first-order valence-electron chi connectivity index (χ1n) is 6.92. The van der Waals surface area contributed by atoms with Crippen LogP contribution in [0.1, 0.15) is 11.3 Å². The normalized spacial score (nSPS) is 10.5. The van der Waals surface area contributed by atoms with Crippen molar-refractivity contribution < 1.29 is 4.74 Å². The van der Waals surface area contributed by atoms with Gasteiger partial charge in [0.25, 0.3) is 0 Å². The number of nitrogens with zero attached hydrogens (tertiary/aromatic N) is 4. The van der Waals surface area contributed by atoms with E-state index in [1.165, 1.54) is 11.8 Å². The lowest BCUT2D eigenvalue weighted by atomic mass is 10.2. The Morgan fingerprint density at radius 3 is 2.87 bits per heavy atom. The largest absolute Gasteiger partial charge is 0.497 e. The molecule has 1 N–H and O–H groups in total. The zero-order valence-corrected chi connectivity index (χ0v) is 13.8. The number of rotatable bonds is 4. The van der Waals surface area contributed by atoms with Crippen LogP contribution >= 0.6 is 11.8 Å². The molecule has 0 saturated carbocycles. The number of nitriles is 1. The number of aryl methyl sites for hydroxylation is 1. The minimum Gasteiger partial charge on any atom is -0.497 e. The number of fused-ring (bicyclic) bond motifs is 1. The molecular formula is C16H15N5OS. The highest BCUT2D eigenvalue weighted by Crippen LogP contribution is 2.29. The van der Waals surface area contributed by atoms with E-state index in [1.807, 2.05) is 43.5 Å². The minimum absolute atomic E-state index is 0.468. The Morgan fingerprint density at radius 2 is 2.17 bits per heavy atom. The molecule has 7 heteroatoms. The van der Waals surface area contributed by atoms with E-state index in [9.17, 15) is 5.26 Å². The smallest absolute Gasteiger partial charge is 0.158 e.